The number of aliphatic imine (C=N–C) groups is 1. The number of alkyl halides is 3. The van der Waals surface area contributed by atoms with E-state index in [9.17, 15) is 17.6 Å². The highest BCUT2D eigenvalue weighted by atomic mass is 32.1. The largest absolute Gasteiger partial charge is 0.434 e. The Balaban J connectivity index is 1.52. The average Bonchev–Trinajstić information content (AvgIpc) is 3.25. The molecule has 2 heterocycles. The molecule has 3 N–H and O–H groups in total. The molecule has 0 radical (unpaired) electrons. The Morgan fingerprint density at radius 1 is 1.30 bits per heavy atom. The Morgan fingerprint density at radius 3 is 2.81 bits per heavy atom. The van der Waals surface area contributed by atoms with E-state index < -0.39 is 11.9 Å². The van der Waals surface area contributed by atoms with Crippen LogP contribution in [0.2, 0.25) is 0 Å². The highest BCUT2D eigenvalue weighted by molar-refractivity contribution is 7.09. The molecule has 0 fully saturated rings. The molecular weight excluding hydrogens is 382 g/mol. The number of halogens is 4. The maximum atomic E-state index is 13.4. The summed E-state index contributed by atoms with van der Waals surface area (Å²) in [5, 5.41) is 8.14. The van der Waals surface area contributed by atoms with Gasteiger partial charge in [0.05, 0.1) is 6.54 Å². The molecule has 10 heteroatoms. The highest BCUT2D eigenvalue weighted by Crippen LogP contribution is 2.29. The first-order chi connectivity index (χ1) is 12.9. The van der Waals surface area contributed by atoms with Crippen LogP contribution in [-0.2, 0) is 19.1 Å². The van der Waals surface area contributed by atoms with Crippen molar-refractivity contribution in [3.05, 3.63) is 51.9 Å². The van der Waals surface area contributed by atoms with Crippen LogP contribution >= 0.6 is 11.3 Å². The van der Waals surface area contributed by atoms with Gasteiger partial charge in [-0.05, 0) is 30.2 Å². The minimum Gasteiger partial charge on any atom is -0.361 e. The van der Waals surface area contributed by atoms with Gasteiger partial charge in [0.15, 0.2) is 11.7 Å². The number of nitrogens with one attached hydrogen (secondary N) is 3. The second-order valence-electron chi connectivity index (χ2n) is 5.73. The molecule has 3 aromatic rings. The topological polar surface area (TPSA) is 65.1 Å². The molecule has 5 nitrogen and oxygen atoms in total. The summed E-state index contributed by atoms with van der Waals surface area (Å²) in [5.74, 6) is 0.153. The molecule has 1 aromatic carbocycles. The van der Waals surface area contributed by atoms with E-state index in [4.69, 9.17) is 0 Å². The van der Waals surface area contributed by atoms with Gasteiger partial charge >= 0.3 is 6.18 Å². The number of aromatic nitrogens is 2. The number of H-pyrrole nitrogens is 1. The molecule has 144 valence electrons. The van der Waals surface area contributed by atoms with Gasteiger partial charge in [0, 0.05) is 36.1 Å². The Hall–Kier alpha value is -2.62. The van der Waals surface area contributed by atoms with Gasteiger partial charge in [0.2, 0.25) is 0 Å². The van der Waals surface area contributed by atoms with Crippen LogP contribution in [0.1, 0.15) is 16.3 Å². The number of rotatable bonds is 5. The van der Waals surface area contributed by atoms with E-state index >= 15 is 0 Å². The molecule has 0 bridgehead atoms. The molecule has 3 rings (SSSR count). The van der Waals surface area contributed by atoms with E-state index in [1.165, 1.54) is 12.1 Å². The first-order valence-corrected chi connectivity index (χ1v) is 8.96. The first-order valence-electron chi connectivity index (χ1n) is 8.08. The summed E-state index contributed by atoms with van der Waals surface area (Å²) in [5.41, 5.74) is 0.930. The van der Waals surface area contributed by atoms with E-state index in [0.29, 0.717) is 23.9 Å². The minimum absolute atomic E-state index is 0.138. The second-order valence-corrected chi connectivity index (χ2v) is 6.67. The Labute approximate surface area is 156 Å². The summed E-state index contributed by atoms with van der Waals surface area (Å²) < 4.78 is 51.1. The van der Waals surface area contributed by atoms with Gasteiger partial charge in [-0.2, -0.15) is 13.2 Å². The van der Waals surface area contributed by atoms with Gasteiger partial charge in [0.1, 0.15) is 10.8 Å². The monoisotopic (exact) mass is 399 g/mol. The number of hydrogen-bond donors (Lipinski definition) is 3. The highest BCUT2D eigenvalue weighted by Gasteiger charge is 2.33. The van der Waals surface area contributed by atoms with Crippen LogP contribution in [-0.4, -0.2) is 29.5 Å². The molecule has 0 aliphatic carbocycles. The maximum absolute atomic E-state index is 13.4. The van der Waals surface area contributed by atoms with Crippen molar-refractivity contribution in [2.75, 3.05) is 13.6 Å². The molecular formula is C17H17F4N5S. The van der Waals surface area contributed by atoms with Gasteiger partial charge in [-0.25, -0.2) is 9.37 Å². The molecule has 0 unspecified atom stereocenters. The molecule has 0 amide bonds. The van der Waals surface area contributed by atoms with Crippen molar-refractivity contribution in [1.82, 2.24) is 20.6 Å². The fourth-order valence-corrected chi connectivity index (χ4v) is 3.32. The predicted octanol–water partition coefficient (Wildman–Crippen LogP) is 3.69. The van der Waals surface area contributed by atoms with Gasteiger partial charge in [-0.3, -0.25) is 4.99 Å². The van der Waals surface area contributed by atoms with Crippen LogP contribution in [0.25, 0.3) is 10.9 Å². The van der Waals surface area contributed by atoms with Gasteiger partial charge < -0.3 is 15.6 Å². The number of fused-ring (bicyclic) bond motifs is 1. The number of aromatic amines is 1. The lowest BCUT2D eigenvalue weighted by Crippen LogP contribution is -2.37. The van der Waals surface area contributed by atoms with Crippen molar-refractivity contribution in [3.63, 3.8) is 0 Å². The smallest absolute Gasteiger partial charge is 0.361 e. The quantitative estimate of drug-likeness (QED) is 0.348. The maximum Gasteiger partial charge on any atom is 0.434 e. The van der Waals surface area contributed by atoms with E-state index in [1.54, 1.807) is 13.1 Å². The molecule has 0 atom stereocenters. The zero-order chi connectivity index (χ0) is 19.4. The zero-order valence-corrected chi connectivity index (χ0v) is 15.1. The molecule has 0 aliphatic rings. The number of benzene rings is 1. The van der Waals surface area contributed by atoms with Crippen molar-refractivity contribution < 1.29 is 17.6 Å². The average molecular weight is 399 g/mol. The third kappa shape index (κ3) is 4.76. The zero-order valence-electron chi connectivity index (χ0n) is 14.3. The van der Waals surface area contributed by atoms with Crippen molar-refractivity contribution in [1.29, 1.82) is 0 Å². The van der Waals surface area contributed by atoms with Crippen LogP contribution in [0, 0.1) is 5.82 Å². The molecule has 0 saturated heterocycles. The lowest BCUT2D eigenvalue weighted by atomic mass is 10.1. The Kier molecular flexibility index (Phi) is 5.64. The number of hydrogen-bond acceptors (Lipinski definition) is 3. The van der Waals surface area contributed by atoms with Crippen molar-refractivity contribution >= 4 is 28.2 Å². The molecule has 2 aromatic heterocycles. The van der Waals surface area contributed by atoms with Crippen molar-refractivity contribution in [2.24, 2.45) is 4.99 Å². The van der Waals surface area contributed by atoms with Crippen molar-refractivity contribution in [2.45, 2.75) is 19.1 Å². The first kappa shape index (κ1) is 19.2. The van der Waals surface area contributed by atoms with E-state index in [2.05, 4.69) is 25.6 Å². The molecule has 0 saturated carbocycles. The fourth-order valence-electron chi connectivity index (χ4n) is 2.58. The minimum atomic E-state index is -4.44. The summed E-state index contributed by atoms with van der Waals surface area (Å²) in [6.07, 6.45) is -1.98. The summed E-state index contributed by atoms with van der Waals surface area (Å²) in [6, 6.07) is 4.57. The lowest BCUT2D eigenvalue weighted by molar-refractivity contribution is -0.140. The number of thiazole rings is 1. The van der Waals surface area contributed by atoms with Crippen molar-refractivity contribution in [3.8, 4) is 0 Å². The lowest BCUT2D eigenvalue weighted by Gasteiger charge is -2.10. The Bertz CT molecular complexity index is 944. The molecule has 0 aliphatic heterocycles. The van der Waals surface area contributed by atoms with E-state index in [1.807, 2.05) is 6.20 Å². The summed E-state index contributed by atoms with van der Waals surface area (Å²) in [4.78, 5) is 10.7. The second kappa shape index (κ2) is 7.95. The predicted molar refractivity (Wildman–Crippen MR) is 97.3 cm³/mol. The van der Waals surface area contributed by atoms with Gasteiger partial charge in [-0.1, -0.05) is 0 Å². The third-order valence-electron chi connectivity index (χ3n) is 3.89. The van der Waals surface area contributed by atoms with Crippen LogP contribution in [0.4, 0.5) is 17.6 Å². The standard InChI is InChI=1S/C17H17F4N5S/c1-22-16(25-8-15-26-14(9-27-15)17(19,20)21)23-5-4-10-7-24-13-3-2-11(18)6-12(10)13/h2-3,6-7,9,24H,4-5,8H2,1H3,(H2,22,23,25). The summed E-state index contributed by atoms with van der Waals surface area (Å²) >= 11 is 0.937. The number of guanidine groups is 1. The molecule has 0 spiro atoms. The summed E-state index contributed by atoms with van der Waals surface area (Å²) in [6.45, 7) is 0.660. The van der Waals surface area contributed by atoms with Crippen LogP contribution in [0.3, 0.4) is 0 Å². The van der Waals surface area contributed by atoms with Crippen LogP contribution in [0.15, 0.2) is 34.8 Å². The number of nitrogens with zero attached hydrogens (tertiary/aromatic N) is 2. The SMILES string of the molecule is CN=C(NCCc1c[nH]c2ccc(F)cc12)NCc1nc(C(F)(F)F)cs1. The summed E-state index contributed by atoms with van der Waals surface area (Å²) in [7, 11) is 1.57. The van der Waals surface area contributed by atoms with Crippen LogP contribution in [0.5, 0.6) is 0 Å². The normalized spacial score (nSPS) is 12.6. The third-order valence-corrected chi connectivity index (χ3v) is 4.74. The van der Waals surface area contributed by atoms with Gasteiger partial charge in [0.25, 0.3) is 0 Å². The van der Waals surface area contributed by atoms with E-state index in [-0.39, 0.29) is 12.4 Å². The fraction of sp³-hybridized carbons (Fsp3) is 0.294. The molecule has 27 heavy (non-hydrogen) atoms. The van der Waals surface area contributed by atoms with E-state index in [0.717, 1.165) is 33.2 Å². The van der Waals surface area contributed by atoms with Gasteiger partial charge in [-0.15, -0.1) is 11.3 Å². The van der Waals surface area contributed by atoms with Crippen LogP contribution < -0.4 is 10.6 Å². The Morgan fingerprint density at radius 2 is 2.11 bits per heavy atom.